The lowest BCUT2D eigenvalue weighted by Gasteiger charge is -2.02. The molecule has 0 aliphatic rings. The molecule has 0 saturated carbocycles. The number of amides is 1. The van der Waals surface area contributed by atoms with Crippen LogP contribution in [0.3, 0.4) is 0 Å². The third kappa shape index (κ3) is 2.85. The summed E-state index contributed by atoms with van der Waals surface area (Å²) < 4.78 is 14.9. The van der Waals surface area contributed by atoms with Crippen molar-refractivity contribution in [1.29, 1.82) is 0 Å². The van der Waals surface area contributed by atoms with Crippen molar-refractivity contribution in [2.24, 2.45) is 7.05 Å². The van der Waals surface area contributed by atoms with Crippen LogP contribution in [0.2, 0.25) is 0 Å². The summed E-state index contributed by atoms with van der Waals surface area (Å²) in [6.45, 7) is 0. The lowest BCUT2D eigenvalue weighted by Crippen LogP contribution is -2.11. The van der Waals surface area contributed by atoms with Gasteiger partial charge in [0.1, 0.15) is 5.82 Å². The van der Waals surface area contributed by atoms with Crippen molar-refractivity contribution in [3.8, 4) is 0 Å². The van der Waals surface area contributed by atoms with Gasteiger partial charge in [-0.05, 0) is 29.8 Å². The van der Waals surface area contributed by atoms with Gasteiger partial charge in [-0.1, -0.05) is 6.07 Å². The number of aryl methyl sites for hydroxylation is 1. The molecule has 0 fully saturated rings. The molecule has 2 heterocycles. The summed E-state index contributed by atoms with van der Waals surface area (Å²) in [6, 6.07) is 7.94. The van der Waals surface area contributed by atoms with Crippen LogP contribution in [0, 0.1) is 5.82 Å². The van der Waals surface area contributed by atoms with E-state index < -0.39 is 0 Å². The molecule has 0 unspecified atom stereocenters. The van der Waals surface area contributed by atoms with Gasteiger partial charge in [-0.2, -0.15) is 0 Å². The number of carbonyl (C=O) groups is 1. The summed E-state index contributed by atoms with van der Waals surface area (Å²) in [7, 11) is 1.76. The van der Waals surface area contributed by atoms with Gasteiger partial charge in [-0.25, -0.2) is 9.37 Å². The van der Waals surface area contributed by atoms with Crippen molar-refractivity contribution in [3.05, 3.63) is 60.2 Å². The number of anilines is 1. The second kappa shape index (κ2) is 5.77. The Hall–Kier alpha value is -3.02. The van der Waals surface area contributed by atoms with Crippen molar-refractivity contribution in [2.75, 3.05) is 5.32 Å². The number of imidazole rings is 1. The summed E-state index contributed by atoms with van der Waals surface area (Å²) in [4.78, 5) is 20.1. The van der Waals surface area contributed by atoms with Crippen LogP contribution in [-0.4, -0.2) is 20.4 Å². The van der Waals surface area contributed by atoms with Crippen LogP contribution in [0.5, 0.6) is 0 Å². The molecule has 0 bridgehead atoms. The Kier molecular flexibility index (Phi) is 3.65. The van der Waals surface area contributed by atoms with Gasteiger partial charge in [-0.3, -0.25) is 15.1 Å². The molecule has 0 aliphatic heterocycles. The van der Waals surface area contributed by atoms with Gasteiger partial charge in [-0.15, -0.1) is 0 Å². The number of carbonyl (C=O) groups excluding carboxylic acids is 1. The Labute approximate surface area is 126 Å². The first-order valence-corrected chi connectivity index (χ1v) is 6.64. The maximum absolute atomic E-state index is 13.2. The monoisotopic (exact) mass is 296 g/mol. The molecule has 0 spiro atoms. The highest BCUT2D eigenvalue weighted by Crippen LogP contribution is 2.19. The minimum atomic E-state index is -0.361. The summed E-state index contributed by atoms with van der Waals surface area (Å²) in [6.07, 6.45) is 6.37. The Bertz CT molecular complexity index is 855. The van der Waals surface area contributed by atoms with Crippen molar-refractivity contribution in [1.82, 2.24) is 14.5 Å². The molecule has 1 aromatic carbocycles. The van der Waals surface area contributed by atoms with Crippen LogP contribution in [0.15, 0.2) is 48.8 Å². The maximum atomic E-state index is 13.2. The predicted molar refractivity (Wildman–Crippen MR) is 82.6 cm³/mol. The molecule has 0 aliphatic carbocycles. The molecule has 5 nitrogen and oxygen atoms in total. The highest BCUT2D eigenvalue weighted by atomic mass is 19.1. The average Bonchev–Trinajstić information content (AvgIpc) is 2.82. The number of hydrogen-bond acceptors (Lipinski definition) is 3. The minimum absolute atomic E-state index is 0.317. The summed E-state index contributed by atoms with van der Waals surface area (Å²) in [5.74, 6) is -0.316. The number of nitrogens with zero attached hydrogens (tertiary/aromatic N) is 3. The van der Waals surface area contributed by atoms with Gasteiger partial charge in [0.05, 0.1) is 11.0 Å². The molecular formula is C16H13FN4O. The van der Waals surface area contributed by atoms with E-state index in [2.05, 4.69) is 15.3 Å². The van der Waals surface area contributed by atoms with Crippen LogP contribution in [0.25, 0.3) is 17.1 Å². The highest BCUT2D eigenvalue weighted by molar-refractivity contribution is 6.01. The quantitative estimate of drug-likeness (QED) is 0.756. The van der Waals surface area contributed by atoms with E-state index in [4.69, 9.17) is 0 Å². The van der Waals surface area contributed by atoms with Crippen molar-refractivity contribution in [2.45, 2.75) is 0 Å². The Balaban J connectivity index is 1.79. The van der Waals surface area contributed by atoms with Gasteiger partial charge in [0.25, 0.3) is 5.91 Å². The van der Waals surface area contributed by atoms with Crippen LogP contribution >= 0.6 is 0 Å². The van der Waals surface area contributed by atoms with Crippen molar-refractivity contribution in [3.63, 3.8) is 0 Å². The van der Waals surface area contributed by atoms with E-state index in [0.29, 0.717) is 11.5 Å². The third-order valence-corrected chi connectivity index (χ3v) is 3.19. The van der Waals surface area contributed by atoms with Crippen LogP contribution < -0.4 is 5.32 Å². The fraction of sp³-hybridized carbons (Fsp3) is 0.0625. The second-order valence-electron chi connectivity index (χ2n) is 4.74. The highest BCUT2D eigenvalue weighted by Gasteiger charge is 2.09. The van der Waals surface area contributed by atoms with Crippen LogP contribution in [-0.2, 0) is 11.8 Å². The summed E-state index contributed by atoms with van der Waals surface area (Å²) in [5.41, 5.74) is 2.06. The molecule has 3 aromatic rings. The number of rotatable bonds is 3. The standard InChI is InChI=1S/C16H13FN4O/c1-21-14-6-5-12(17)9-13(14)19-16(21)20-15(22)7-4-11-3-2-8-18-10-11/h2-10H,1H3,(H,19,20,22)/b7-4+. The van der Waals surface area contributed by atoms with E-state index in [0.717, 1.165) is 11.1 Å². The first kappa shape index (κ1) is 13.9. The predicted octanol–water partition coefficient (Wildman–Crippen LogP) is 2.76. The van der Waals surface area contributed by atoms with Gasteiger partial charge in [0.15, 0.2) is 0 Å². The normalized spacial score (nSPS) is 11.2. The lowest BCUT2D eigenvalue weighted by atomic mass is 10.2. The number of hydrogen-bond donors (Lipinski definition) is 1. The van der Waals surface area contributed by atoms with E-state index in [-0.39, 0.29) is 11.7 Å². The number of halogens is 1. The van der Waals surface area contributed by atoms with Crippen molar-refractivity contribution >= 4 is 29.0 Å². The van der Waals surface area contributed by atoms with E-state index in [1.807, 2.05) is 6.07 Å². The topological polar surface area (TPSA) is 59.8 Å². The zero-order chi connectivity index (χ0) is 15.5. The van der Waals surface area contributed by atoms with Crippen molar-refractivity contribution < 1.29 is 9.18 Å². The number of aromatic nitrogens is 3. The van der Waals surface area contributed by atoms with E-state index in [1.54, 1.807) is 42.2 Å². The lowest BCUT2D eigenvalue weighted by molar-refractivity contribution is -0.111. The summed E-state index contributed by atoms with van der Waals surface area (Å²) >= 11 is 0. The molecule has 1 amide bonds. The Morgan fingerprint density at radius 1 is 1.36 bits per heavy atom. The largest absolute Gasteiger partial charge is 0.313 e. The van der Waals surface area contributed by atoms with E-state index in [1.165, 1.54) is 18.2 Å². The van der Waals surface area contributed by atoms with Crippen LogP contribution in [0.4, 0.5) is 10.3 Å². The fourth-order valence-electron chi connectivity index (χ4n) is 2.08. The number of pyridine rings is 1. The minimum Gasteiger partial charge on any atom is -0.313 e. The fourth-order valence-corrected chi connectivity index (χ4v) is 2.08. The van der Waals surface area contributed by atoms with Crippen LogP contribution in [0.1, 0.15) is 5.56 Å². The molecular weight excluding hydrogens is 283 g/mol. The van der Waals surface area contributed by atoms with Gasteiger partial charge in [0, 0.05) is 31.6 Å². The molecule has 3 rings (SSSR count). The zero-order valence-electron chi connectivity index (χ0n) is 11.8. The van der Waals surface area contributed by atoms with E-state index in [9.17, 15) is 9.18 Å². The molecule has 22 heavy (non-hydrogen) atoms. The first-order chi connectivity index (χ1) is 10.6. The molecule has 2 aromatic heterocycles. The Morgan fingerprint density at radius 3 is 3.00 bits per heavy atom. The molecule has 0 atom stereocenters. The van der Waals surface area contributed by atoms with Gasteiger partial charge < -0.3 is 4.57 Å². The number of nitrogens with one attached hydrogen (secondary N) is 1. The molecule has 110 valence electrons. The van der Waals surface area contributed by atoms with Gasteiger partial charge >= 0.3 is 0 Å². The third-order valence-electron chi connectivity index (χ3n) is 3.19. The first-order valence-electron chi connectivity index (χ1n) is 6.64. The zero-order valence-corrected chi connectivity index (χ0v) is 11.8. The average molecular weight is 296 g/mol. The van der Waals surface area contributed by atoms with E-state index >= 15 is 0 Å². The number of benzene rings is 1. The maximum Gasteiger partial charge on any atom is 0.250 e. The molecule has 0 radical (unpaired) electrons. The second-order valence-corrected chi connectivity index (χ2v) is 4.74. The molecule has 0 saturated heterocycles. The SMILES string of the molecule is Cn1c(NC(=O)/C=C/c2cccnc2)nc2cc(F)ccc21. The molecule has 6 heteroatoms. The molecule has 1 N–H and O–H groups in total. The smallest absolute Gasteiger partial charge is 0.250 e. The number of fused-ring (bicyclic) bond motifs is 1. The van der Waals surface area contributed by atoms with Gasteiger partial charge in [0.2, 0.25) is 5.95 Å². The summed E-state index contributed by atoms with van der Waals surface area (Å²) in [5, 5.41) is 2.67. The Morgan fingerprint density at radius 2 is 2.23 bits per heavy atom.